The molecule has 0 aliphatic carbocycles. The van der Waals surface area contributed by atoms with Crippen LogP contribution in [0.1, 0.15) is 0 Å². The van der Waals surface area contributed by atoms with Crippen LogP contribution in [0.5, 0.6) is 0 Å². The van der Waals surface area contributed by atoms with E-state index in [-0.39, 0.29) is 6.03 Å². The Morgan fingerprint density at radius 2 is 1.61 bits per heavy atom. The van der Waals surface area contributed by atoms with Gasteiger partial charge in [-0.3, -0.25) is 0 Å². The Morgan fingerprint density at radius 1 is 0.818 bits per heavy atom. The summed E-state index contributed by atoms with van der Waals surface area (Å²) in [6.45, 7) is 2.52. The van der Waals surface area contributed by atoms with E-state index in [0.717, 1.165) is 22.5 Å². The highest BCUT2D eigenvalue weighted by atomic mass is 35.5. The lowest BCUT2D eigenvalue weighted by atomic mass is 10.0. The van der Waals surface area contributed by atoms with Gasteiger partial charge in [0.1, 0.15) is 0 Å². The number of hydrogen-bond donors (Lipinski definition) is 1. The van der Waals surface area contributed by atoms with Gasteiger partial charge in [-0.2, -0.15) is 0 Å². The highest BCUT2D eigenvalue weighted by molar-refractivity contribution is 6.42. The number of carbonyl (C=O) groups excluding carboxylic acids is 1. The lowest BCUT2D eigenvalue weighted by Crippen LogP contribution is -2.50. The van der Waals surface area contributed by atoms with Crippen LogP contribution in [0, 0.1) is 0 Å². The van der Waals surface area contributed by atoms with Gasteiger partial charge in [-0.25, -0.2) is 4.79 Å². The summed E-state index contributed by atoms with van der Waals surface area (Å²) in [5.74, 6) is 0.809. The zero-order valence-electron chi connectivity index (χ0n) is 17.7. The van der Waals surface area contributed by atoms with Crippen LogP contribution in [0.4, 0.5) is 16.3 Å². The Bertz CT molecular complexity index is 1300. The average molecular weight is 478 g/mol. The van der Waals surface area contributed by atoms with E-state index in [4.69, 9.17) is 23.2 Å². The molecule has 1 aliphatic heterocycles. The van der Waals surface area contributed by atoms with E-state index in [2.05, 4.69) is 44.7 Å². The fourth-order valence-corrected chi connectivity index (χ4v) is 4.30. The van der Waals surface area contributed by atoms with Crippen LogP contribution >= 0.6 is 23.2 Å². The van der Waals surface area contributed by atoms with Crippen molar-refractivity contribution < 1.29 is 4.79 Å². The molecule has 0 spiro atoms. The smallest absolute Gasteiger partial charge is 0.321 e. The number of aromatic nitrogens is 2. The summed E-state index contributed by atoms with van der Waals surface area (Å²) >= 11 is 12.0. The molecule has 0 atom stereocenters. The Morgan fingerprint density at radius 3 is 2.36 bits per heavy atom. The van der Waals surface area contributed by atoms with Crippen molar-refractivity contribution in [3.05, 3.63) is 82.8 Å². The third kappa shape index (κ3) is 4.58. The average Bonchev–Trinajstić information content (AvgIpc) is 2.86. The third-order valence-electron chi connectivity index (χ3n) is 5.78. The number of fused-ring (bicyclic) bond motifs is 1. The summed E-state index contributed by atoms with van der Waals surface area (Å²) < 4.78 is 0. The van der Waals surface area contributed by atoms with Crippen molar-refractivity contribution in [2.45, 2.75) is 0 Å². The quantitative estimate of drug-likeness (QED) is 0.395. The first-order valence-electron chi connectivity index (χ1n) is 10.7. The van der Waals surface area contributed by atoms with Gasteiger partial charge >= 0.3 is 6.03 Å². The Hall–Kier alpha value is -3.35. The molecule has 0 saturated carbocycles. The van der Waals surface area contributed by atoms with Crippen molar-refractivity contribution in [2.24, 2.45) is 0 Å². The molecular formula is C25H21Cl2N5O. The van der Waals surface area contributed by atoms with E-state index in [1.54, 1.807) is 23.1 Å². The number of hydrogen-bond acceptors (Lipinski definition) is 4. The van der Waals surface area contributed by atoms with Gasteiger partial charge in [-0.05, 0) is 41.1 Å². The summed E-state index contributed by atoms with van der Waals surface area (Å²) in [6, 6.07) is 23.3. The second-order valence-corrected chi connectivity index (χ2v) is 8.65. The van der Waals surface area contributed by atoms with Crippen molar-refractivity contribution >= 4 is 51.5 Å². The van der Waals surface area contributed by atoms with Crippen LogP contribution in [-0.2, 0) is 0 Å². The molecule has 1 saturated heterocycles. The monoisotopic (exact) mass is 477 g/mol. The standard InChI is InChI=1S/C25H21Cl2N5O/c26-21-9-8-18(16-22(21)27)28-25(33)32-14-12-31(13-15-32)24-11-10-23(29-30-24)20-7-3-5-17-4-1-2-6-19(17)20/h1-11,16H,12-15H2,(H,28,33). The van der Waals surface area contributed by atoms with Crippen LogP contribution < -0.4 is 10.2 Å². The zero-order chi connectivity index (χ0) is 22.8. The number of piperazine rings is 1. The van der Waals surface area contributed by atoms with Crippen molar-refractivity contribution in [2.75, 3.05) is 36.4 Å². The number of benzene rings is 3. The van der Waals surface area contributed by atoms with E-state index in [9.17, 15) is 4.79 Å². The van der Waals surface area contributed by atoms with Crippen LogP contribution in [0.2, 0.25) is 10.0 Å². The molecule has 0 radical (unpaired) electrons. The second kappa shape index (κ2) is 9.25. The van der Waals surface area contributed by atoms with Crippen molar-refractivity contribution in [3.63, 3.8) is 0 Å². The normalized spacial score (nSPS) is 13.9. The number of nitrogens with one attached hydrogen (secondary N) is 1. The highest BCUT2D eigenvalue weighted by Crippen LogP contribution is 2.28. The third-order valence-corrected chi connectivity index (χ3v) is 6.52. The Balaban J connectivity index is 1.23. The van der Waals surface area contributed by atoms with E-state index in [1.807, 2.05) is 30.3 Å². The summed E-state index contributed by atoms with van der Waals surface area (Å²) in [6.07, 6.45) is 0. The van der Waals surface area contributed by atoms with Gasteiger partial charge in [0.2, 0.25) is 0 Å². The molecule has 3 aromatic carbocycles. The molecule has 1 fully saturated rings. The zero-order valence-corrected chi connectivity index (χ0v) is 19.2. The maximum Gasteiger partial charge on any atom is 0.321 e. The molecule has 4 aromatic rings. The fourth-order valence-electron chi connectivity index (χ4n) is 4.00. The largest absolute Gasteiger partial charge is 0.352 e. The first-order valence-corrected chi connectivity index (χ1v) is 11.4. The molecule has 8 heteroatoms. The number of rotatable bonds is 3. The fraction of sp³-hybridized carbons (Fsp3) is 0.160. The Labute approximate surface area is 201 Å². The predicted molar refractivity (Wildman–Crippen MR) is 134 cm³/mol. The number of carbonyl (C=O) groups is 1. The lowest BCUT2D eigenvalue weighted by molar-refractivity contribution is 0.208. The summed E-state index contributed by atoms with van der Waals surface area (Å²) in [4.78, 5) is 16.5. The van der Waals surface area contributed by atoms with Gasteiger partial charge in [-0.15, -0.1) is 10.2 Å². The van der Waals surface area contributed by atoms with Crippen molar-refractivity contribution in [3.8, 4) is 11.3 Å². The molecule has 33 heavy (non-hydrogen) atoms. The first-order chi connectivity index (χ1) is 16.1. The molecule has 0 bridgehead atoms. The van der Waals surface area contributed by atoms with Gasteiger partial charge in [0.25, 0.3) is 0 Å². The molecule has 166 valence electrons. The molecule has 1 aliphatic rings. The van der Waals surface area contributed by atoms with Gasteiger partial charge < -0.3 is 15.1 Å². The summed E-state index contributed by atoms with van der Waals surface area (Å²) in [5.41, 5.74) is 2.53. The molecule has 6 nitrogen and oxygen atoms in total. The Kier molecular flexibility index (Phi) is 6.03. The van der Waals surface area contributed by atoms with E-state index >= 15 is 0 Å². The van der Waals surface area contributed by atoms with E-state index in [0.29, 0.717) is 41.9 Å². The second-order valence-electron chi connectivity index (χ2n) is 7.84. The van der Waals surface area contributed by atoms with Crippen LogP contribution in [0.15, 0.2) is 72.8 Å². The van der Waals surface area contributed by atoms with Crippen LogP contribution in [-0.4, -0.2) is 47.3 Å². The molecule has 1 N–H and O–H groups in total. The van der Waals surface area contributed by atoms with E-state index in [1.165, 1.54) is 5.39 Å². The van der Waals surface area contributed by atoms with Crippen LogP contribution in [0.25, 0.3) is 22.0 Å². The summed E-state index contributed by atoms with van der Waals surface area (Å²) in [5, 5.41) is 15.0. The molecule has 2 heterocycles. The number of urea groups is 1. The molecular weight excluding hydrogens is 457 g/mol. The minimum absolute atomic E-state index is 0.162. The van der Waals surface area contributed by atoms with Crippen molar-refractivity contribution in [1.82, 2.24) is 15.1 Å². The minimum Gasteiger partial charge on any atom is -0.352 e. The lowest BCUT2D eigenvalue weighted by Gasteiger charge is -2.35. The first kappa shape index (κ1) is 21.5. The minimum atomic E-state index is -0.162. The topological polar surface area (TPSA) is 61.4 Å². The SMILES string of the molecule is O=C(Nc1ccc(Cl)c(Cl)c1)N1CCN(c2ccc(-c3cccc4ccccc34)nn2)CC1. The van der Waals surface area contributed by atoms with Gasteiger partial charge in [0.05, 0.1) is 15.7 Å². The highest BCUT2D eigenvalue weighted by Gasteiger charge is 2.22. The number of nitrogens with zero attached hydrogens (tertiary/aromatic N) is 4. The molecule has 2 amide bonds. The summed E-state index contributed by atoms with van der Waals surface area (Å²) in [7, 11) is 0. The van der Waals surface area contributed by atoms with Gasteiger partial charge in [0.15, 0.2) is 5.82 Å². The predicted octanol–water partition coefficient (Wildman–Crippen LogP) is 5.96. The molecule has 0 unspecified atom stereocenters. The van der Waals surface area contributed by atoms with E-state index < -0.39 is 0 Å². The van der Waals surface area contributed by atoms with Gasteiger partial charge in [-0.1, -0.05) is 65.7 Å². The molecule has 5 rings (SSSR count). The maximum atomic E-state index is 12.6. The number of amides is 2. The maximum absolute atomic E-state index is 12.6. The molecule has 1 aromatic heterocycles. The van der Waals surface area contributed by atoms with Crippen molar-refractivity contribution in [1.29, 1.82) is 0 Å². The number of anilines is 2. The number of halogens is 2. The van der Waals surface area contributed by atoms with Gasteiger partial charge in [0, 0.05) is 37.4 Å². The van der Waals surface area contributed by atoms with Crippen LogP contribution in [0.3, 0.4) is 0 Å².